The number of nitrogens with zero attached hydrogens (tertiary/aromatic N) is 3. The van der Waals surface area contributed by atoms with Crippen molar-refractivity contribution in [3.63, 3.8) is 0 Å². The second-order valence-electron chi connectivity index (χ2n) is 3.24. The summed E-state index contributed by atoms with van der Waals surface area (Å²) in [6, 6.07) is 5.13. The number of nitro groups is 1. The van der Waals surface area contributed by atoms with E-state index in [1.165, 1.54) is 18.2 Å². The minimum absolute atomic E-state index is 0.0798. The molecule has 0 atom stereocenters. The molecule has 0 aliphatic carbocycles. The summed E-state index contributed by atoms with van der Waals surface area (Å²) in [5, 5.41) is 10.7. The van der Waals surface area contributed by atoms with Gasteiger partial charge in [0.05, 0.1) is 4.92 Å². The number of nitrogens with two attached hydrogens (primary N) is 1. The number of benzene rings is 1. The lowest BCUT2D eigenvalue weighted by Crippen LogP contribution is -2.01. The Balaban J connectivity index is 2.39. The van der Waals surface area contributed by atoms with Crippen molar-refractivity contribution in [1.29, 1.82) is 0 Å². The minimum atomic E-state index is -0.714. The standard InChI is InChI=1S/C10H7FN4O3/c11-6-2-1-3-7(4-6)18-9-8(15(16)17)5-13-10(12)14-9/h1-5H,(H2,12,13,14). The third-order valence-corrected chi connectivity index (χ3v) is 1.96. The van der Waals surface area contributed by atoms with Crippen molar-refractivity contribution in [2.45, 2.75) is 0 Å². The Morgan fingerprint density at radius 3 is 2.89 bits per heavy atom. The monoisotopic (exact) mass is 250 g/mol. The van der Waals surface area contributed by atoms with E-state index in [4.69, 9.17) is 10.5 Å². The first-order valence-corrected chi connectivity index (χ1v) is 4.76. The van der Waals surface area contributed by atoms with Crippen molar-refractivity contribution in [2.24, 2.45) is 0 Å². The molecular formula is C10H7FN4O3. The van der Waals surface area contributed by atoms with Gasteiger partial charge < -0.3 is 10.5 Å². The number of ether oxygens (including phenoxy) is 1. The van der Waals surface area contributed by atoms with Gasteiger partial charge in [-0.1, -0.05) is 6.07 Å². The SMILES string of the molecule is Nc1ncc([N+](=O)[O-])c(Oc2cccc(F)c2)n1. The van der Waals surface area contributed by atoms with Crippen LogP contribution in [0.4, 0.5) is 16.0 Å². The largest absolute Gasteiger partial charge is 0.433 e. The highest BCUT2D eigenvalue weighted by Crippen LogP contribution is 2.28. The minimum Gasteiger partial charge on any atom is -0.433 e. The Morgan fingerprint density at radius 2 is 2.22 bits per heavy atom. The molecule has 0 saturated heterocycles. The molecule has 18 heavy (non-hydrogen) atoms. The molecule has 0 unspecified atom stereocenters. The first-order chi connectivity index (χ1) is 8.56. The Labute approximate surface area is 100 Å². The van der Waals surface area contributed by atoms with Gasteiger partial charge in [0.2, 0.25) is 5.95 Å². The lowest BCUT2D eigenvalue weighted by molar-refractivity contribution is -0.386. The summed E-state index contributed by atoms with van der Waals surface area (Å²) < 4.78 is 18.1. The molecule has 0 aliphatic rings. The second-order valence-corrected chi connectivity index (χ2v) is 3.24. The average Bonchev–Trinajstić information content (AvgIpc) is 2.28. The van der Waals surface area contributed by atoms with Crippen LogP contribution < -0.4 is 10.5 Å². The Bertz CT molecular complexity index is 605. The van der Waals surface area contributed by atoms with Gasteiger partial charge in [-0.2, -0.15) is 4.98 Å². The fourth-order valence-electron chi connectivity index (χ4n) is 1.22. The Hall–Kier alpha value is -2.77. The fourth-order valence-corrected chi connectivity index (χ4v) is 1.22. The predicted octanol–water partition coefficient (Wildman–Crippen LogP) is 1.90. The van der Waals surface area contributed by atoms with E-state index >= 15 is 0 Å². The van der Waals surface area contributed by atoms with Crippen LogP contribution in [-0.4, -0.2) is 14.9 Å². The maximum Gasteiger partial charge on any atom is 0.349 e. The number of aromatic nitrogens is 2. The summed E-state index contributed by atoms with van der Waals surface area (Å²) in [5.41, 5.74) is 4.86. The van der Waals surface area contributed by atoms with E-state index in [9.17, 15) is 14.5 Å². The van der Waals surface area contributed by atoms with Gasteiger partial charge in [-0.3, -0.25) is 10.1 Å². The van der Waals surface area contributed by atoms with Crippen LogP contribution in [0, 0.1) is 15.9 Å². The maximum atomic E-state index is 12.9. The van der Waals surface area contributed by atoms with Crippen molar-refractivity contribution in [2.75, 3.05) is 5.73 Å². The summed E-state index contributed by atoms with van der Waals surface area (Å²) >= 11 is 0. The predicted molar refractivity (Wildman–Crippen MR) is 59.6 cm³/mol. The highest BCUT2D eigenvalue weighted by Gasteiger charge is 2.19. The number of rotatable bonds is 3. The number of halogens is 1. The Morgan fingerprint density at radius 1 is 1.44 bits per heavy atom. The molecule has 0 amide bonds. The lowest BCUT2D eigenvalue weighted by Gasteiger charge is -2.05. The van der Waals surface area contributed by atoms with Crippen LogP contribution in [0.15, 0.2) is 30.5 Å². The lowest BCUT2D eigenvalue weighted by atomic mass is 10.3. The summed E-state index contributed by atoms with van der Waals surface area (Å²) in [7, 11) is 0. The molecule has 2 aromatic rings. The molecule has 7 nitrogen and oxygen atoms in total. The van der Waals surface area contributed by atoms with Crippen LogP contribution in [0.3, 0.4) is 0 Å². The van der Waals surface area contributed by atoms with Crippen LogP contribution in [0.2, 0.25) is 0 Å². The van der Waals surface area contributed by atoms with Crippen molar-refractivity contribution in [1.82, 2.24) is 9.97 Å². The summed E-state index contributed by atoms with van der Waals surface area (Å²) in [6.45, 7) is 0. The van der Waals surface area contributed by atoms with E-state index in [0.717, 1.165) is 12.3 Å². The molecule has 0 bridgehead atoms. The maximum absolute atomic E-state index is 12.9. The van der Waals surface area contributed by atoms with Gasteiger partial charge in [0.1, 0.15) is 17.8 Å². The van der Waals surface area contributed by atoms with Crippen molar-refractivity contribution in [3.8, 4) is 11.6 Å². The zero-order chi connectivity index (χ0) is 13.1. The normalized spacial score (nSPS) is 10.1. The molecule has 1 aromatic carbocycles. The summed E-state index contributed by atoms with van der Waals surface area (Å²) in [6.07, 6.45) is 0.928. The summed E-state index contributed by atoms with van der Waals surface area (Å²) in [5.74, 6) is -0.960. The van der Waals surface area contributed by atoms with Gasteiger partial charge in [0, 0.05) is 6.07 Å². The molecule has 0 aliphatic heterocycles. The van der Waals surface area contributed by atoms with Crippen LogP contribution in [-0.2, 0) is 0 Å². The molecule has 0 saturated carbocycles. The van der Waals surface area contributed by atoms with Crippen LogP contribution in [0.25, 0.3) is 0 Å². The highest BCUT2D eigenvalue weighted by molar-refractivity contribution is 5.44. The molecule has 1 aromatic heterocycles. The third kappa shape index (κ3) is 2.48. The first-order valence-electron chi connectivity index (χ1n) is 4.76. The van der Waals surface area contributed by atoms with E-state index in [2.05, 4.69) is 9.97 Å². The smallest absolute Gasteiger partial charge is 0.349 e. The zero-order valence-corrected chi connectivity index (χ0v) is 8.91. The second kappa shape index (κ2) is 4.62. The number of hydrogen-bond acceptors (Lipinski definition) is 6. The molecule has 0 fully saturated rings. The summed E-state index contributed by atoms with van der Waals surface area (Å²) in [4.78, 5) is 17.1. The molecule has 92 valence electrons. The molecule has 0 spiro atoms. The fraction of sp³-hybridized carbons (Fsp3) is 0. The van der Waals surface area contributed by atoms with E-state index in [-0.39, 0.29) is 17.6 Å². The van der Waals surface area contributed by atoms with Crippen LogP contribution >= 0.6 is 0 Å². The van der Waals surface area contributed by atoms with Gasteiger partial charge in [0.25, 0.3) is 0 Å². The molecule has 0 radical (unpaired) electrons. The number of anilines is 1. The molecule has 1 heterocycles. The Kier molecular flexibility index (Phi) is 3.00. The van der Waals surface area contributed by atoms with Crippen molar-refractivity contribution >= 4 is 11.6 Å². The van der Waals surface area contributed by atoms with Gasteiger partial charge in [0.15, 0.2) is 0 Å². The van der Waals surface area contributed by atoms with E-state index < -0.39 is 16.4 Å². The quantitative estimate of drug-likeness (QED) is 0.658. The first kappa shape index (κ1) is 11.7. The third-order valence-electron chi connectivity index (χ3n) is 1.96. The highest BCUT2D eigenvalue weighted by atomic mass is 19.1. The van der Waals surface area contributed by atoms with Gasteiger partial charge in [-0.15, -0.1) is 0 Å². The average molecular weight is 250 g/mol. The molecular weight excluding hydrogens is 243 g/mol. The molecule has 2 rings (SSSR count). The van der Waals surface area contributed by atoms with Gasteiger partial charge in [-0.05, 0) is 12.1 Å². The van der Waals surface area contributed by atoms with Crippen molar-refractivity contribution < 1.29 is 14.1 Å². The van der Waals surface area contributed by atoms with Crippen LogP contribution in [0.5, 0.6) is 11.6 Å². The van der Waals surface area contributed by atoms with Crippen molar-refractivity contribution in [3.05, 3.63) is 46.4 Å². The van der Waals surface area contributed by atoms with Gasteiger partial charge in [-0.25, -0.2) is 9.37 Å². The topological polar surface area (TPSA) is 104 Å². The zero-order valence-electron chi connectivity index (χ0n) is 8.91. The van der Waals surface area contributed by atoms with Crippen LogP contribution in [0.1, 0.15) is 0 Å². The van der Waals surface area contributed by atoms with E-state index in [1.807, 2.05) is 0 Å². The van der Waals surface area contributed by atoms with E-state index in [1.54, 1.807) is 0 Å². The molecule has 8 heteroatoms. The number of nitrogen functional groups attached to an aromatic ring is 1. The van der Waals surface area contributed by atoms with Gasteiger partial charge >= 0.3 is 11.6 Å². The molecule has 2 N–H and O–H groups in total. The number of hydrogen-bond donors (Lipinski definition) is 1. The van der Waals surface area contributed by atoms with E-state index in [0.29, 0.717) is 0 Å².